The second kappa shape index (κ2) is 6.74. The molecular weight excluding hydrogens is 262 g/mol. The van der Waals surface area contributed by atoms with Crippen molar-refractivity contribution in [3.63, 3.8) is 0 Å². The van der Waals surface area contributed by atoms with Crippen LogP contribution in [-0.4, -0.2) is 34.0 Å². The van der Waals surface area contributed by atoms with Crippen LogP contribution in [0.2, 0.25) is 0 Å². The van der Waals surface area contributed by atoms with Crippen molar-refractivity contribution in [1.29, 1.82) is 0 Å². The van der Waals surface area contributed by atoms with Crippen molar-refractivity contribution >= 4 is 16.9 Å². The molecule has 2 rings (SSSR count). The summed E-state index contributed by atoms with van der Waals surface area (Å²) < 4.78 is 2.15. The lowest BCUT2D eigenvalue weighted by molar-refractivity contribution is -0.129. The standard InChI is InChI=1S/C17H25N3O/c1-5-6-9-19(4)17(21)11-14-7-8-16-15(10-14)18-12-20(16)13(2)3/h7-8,10,12-13H,5-6,9,11H2,1-4H3. The molecule has 1 amide bonds. The van der Waals surface area contributed by atoms with Crippen molar-refractivity contribution in [1.82, 2.24) is 14.5 Å². The molecule has 0 saturated heterocycles. The number of amides is 1. The predicted molar refractivity (Wildman–Crippen MR) is 86.4 cm³/mol. The Bertz CT molecular complexity index is 616. The maximum Gasteiger partial charge on any atom is 0.226 e. The summed E-state index contributed by atoms with van der Waals surface area (Å²) in [5.74, 6) is 0.172. The van der Waals surface area contributed by atoms with Crippen LogP contribution in [0.25, 0.3) is 11.0 Å². The van der Waals surface area contributed by atoms with Gasteiger partial charge in [0.1, 0.15) is 0 Å². The van der Waals surface area contributed by atoms with Crippen LogP contribution in [0.1, 0.15) is 45.2 Å². The van der Waals surface area contributed by atoms with Crippen molar-refractivity contribution < 1.29 is 4.79 Å². The number of hydrogen-bond acceptors (Lipinski definition) is 2. The quantitative estimate of drug-likeness (QED) is 0.816. The van der Waals surface area contributed by atoms with Gasteiger partial charge in [0, 0.05) is 19.6 Å². The van der Waals surface area contributed by atoms with Gasteiger partial charge in [-0.2, -0.15) is 0 Å². The van der Waals surface area contributed by atoms with E-state index < -0.39 is 0 Å². The van der Waals surface area contributed by atoms with Gasteiger partial charge in [0.05, 0.1) is 23.8 Å². The lowest BCUT2D eigenvalue weighted by atomic mass is 10.1. The SMILES string of the molecule is CCCCN(C)C(=O)Cc1ccc2c(c1)ncn2C(C)C. The average Bonchev–Trinajstić information content (AvgIpc) is 2.87. The van der Waals surface area contributed by atoms with Crippen LogP contribution in [0.15, 0.2) is 24.5 Å². The number of nitrogens with zero attached hydrogens (tertiary/aromatic N) is 3. The third kappa shape index (κ3) is 3.63. The predicted octanol–water partition coefficient (Wildman–Crippen LogP) is 3.42. The summed E-state index contributed by atoms with van der Waals surface area (Å²) in [6.07, 6.45) is 4.48. The number of carbonyl (C=O) groups excluding carboxylic acids is 1. The van der Waals surface area contributed by atoms with Gasteiger partial charge in [-0.3, -0.25) is 4.79 Å². The van der Waals surface area contributed by atoms with Crippen LogP contribution >= 0.6 is 0 Å². The zero-order valence-electron chi connectivity index (χ0n) is 13.5. The number of aromatic nitrogens is 2. The molecule has 1 aromatic carbocycles. The molecule has 21 heavy (non-hydrogen) atoms. The molecule has 0 aliphatic rings. The van der Waals surface area contributed by atoms with Crippen LogP contribution in [0.3, 0.4) is 0 Å². The summed E-state index contributed by atoms with van der Waals surface area (Å²) >= 11 is 0. The Kier molecular flexibility index (Phi) is 4.99. The number of imidazole rings is 1. The Morgan fingerprint density at radius 1 is 1.38 bits per heavy atom. The Labute approximate surface area is 126 Å². The number of hydrogen-bond donors (Lipinski definition) is 0. The molecular formula is C17H25N3O. The largest absolute Gasteiger partial charge is 0.345 e. The zero-order chi connectivity index (χ0) is 15.4. The molecule has 0 N–H and O–H groups in total. The monoisotopic (exact) mass is 287 g/mol. The minimum absolute atomic E-state index is 0.172. The Balaban J connectivity index is 2.11. The Morgan fingerprint density at radius 2 is 2.14 bits per heavy atom. The lowest BCUT2D eigenvalue weighted by Crippen LogP contribution is -2.29. The molecule has 0 aliphatic heterocycles. The molecule has 1 heterocycles. The molecule has 1 aromatic heterocycles. The van der Waals surface area contributed by atoms with Gasteiger partial charge < -0.3 is 9.47 Å². The topological polar surface area (TPSA) is 38.1 Å². The van der Waals surface area contributed by atoms with Crippen molar-refractivity contribution in [2.75, 3.05) is 13.6 Å². The molecule has 114 valence electrons. The molecule has 4 heteroatoms. The van der Waals surface area contributed by atoms with E-state index in [1.54, 1.807) is 0 Å². The fourth-order valence-electron chi connectivity index (χ4n) is 2.43. The van der Waals surface area contributed by atoms with Crippen LogP contribution in [0.4, 0.5) is 0 Å². The maximum atomic E-state index is 12.2. The fourth-order valence-corrected chi connectivity index (χ4v) is 2.43. The van der Waals surface area contributed by atoms with E-state index in [-0.39, 0.29) is 5.91 Å². The molecule has 0 atom stereocenters. The molecule has 4 nitrogen and oxygen atoms in total. The minimum Gasteiger partial charge on any atom is -0.345 e. The van der Waals surface area contributed by atoms with E-state index >= 15 is 0 Å². The highest BCUT2D eigenvalue weighted by Crippen LogP contribution is 2.19. The van der Waals surface area contributed by atoms with Crippen LogP contribution in [0.5, 0.6) is 0 Å². The number of rotatable bonds is 6. The van der Waals surface area contributed by atoms with E-state index in [0.717, 1.165) is 36.0 Å². The van der Waals surface area contributed by atoms with Gasteiger partial charge in [-0.1, -0.05) is 19.4 Å². The third-order valence-electron chi connectivity index (χ3n) is 3.82. The van der Waals surface area contributed by atoms with E-state index in [4.69, 9.17) is 0 Å². The number of likely N-dealkylation sites (N-methyl/N-ethyl adjacent to an activating group) is 1. The summed E-state index contributed by atoms with van der Waals surface area (Å²) in [5, 5.41) is 0. The fraction of sp³-hybridized carbons (Fsp3) is 0.529. The average molecular weight is 287 g/mol. The van der Waals surface area contributed by atoms with Crippen molar-refractivity contribution in [3.05, 3.63) is 30.1 Å². The Hall–Kier alpha value is -1.84. The summed E-state index contributed by atoms with van der Waals surface area (Å²) in [6.45, 7) is 7.25. The molecule has 0 saturated carbocycles. The second-order valence-corrected chi connectivity index (χ2v) is 5.91. The zero-order valence-corrected chi connectivity index (χ0v) is 13.5. The Morgan fingerprint density at radius 3 is 2.81 bits per heavy atom. The number of benzene rings is 1. The van der Waals surface area contributed by atoms with Gasteiger partial charge in [0.25, 0.3) is 0 Å². The summed E-state index contributed by atoms with van der Waals surface area (Å²) in [5.41, 5.74) is 3.12. The summed E-state index contributed by atoms with van der Waals surface area (Å²) in [4.78, 5) is 18.4. The lowest BCUT2D eigenvalue weighted by Gasteiger charge is -2.16. The first-order valence-electron chi connectivity index (χ1n) is 7.72. The van der Waals surface area contributed by atoms with Gasteiger partial charge in [-0.15, -0.1) is 0 Å². The van der Waals surface area contributed by atoms with Crippen LogP contribution < -0.4 is 0 Å². The minimum atomic E-state index is 0.172. The maximum absolute atomic E-state index is 12.2. The van der Waals surface area contributed by atoms with Gasteiger partial charge in [-0.25, -0.2) is 4.98 Å². The normalized spacial score (nSPS) is 11.3. The first-order valence-corrected chi connectivity index (χ1v) is 7.72. The molecule has 0 aliphatic carbocycles. The molecule has 0 bridgehead atoms. The van der Waals surface area contributed by atoms with Gasteiger partial charge in [0.15, 0.2) is 0 Å². The molecule has 0 unspecified atom stereocenters. The van der Waals surface area contributed by atoms with Crippen molar-refractivity contribution in [3.8, 4) is 0 Å². The smallest absolute Gasteiger partial charge is 0.226 e. The highest BCUT2D eigenvalue weighted by atomic mass is 16.2. The first kappa shape index (κ1) is 15.5. The van der Waals surface area contributed by atoms with Crippen LogP contribution in [0, 0.1) is 0 Å². The highest BCUT2D eigenvalue weighted by molar-refractivity contribution is 5.81. The van der Waals surface area contributed by atoms with Gasteiger partial charge >= 0.3 is 0 Å². The van der Waals surface area contributed by atoms with Gasteiger partial charge in [0.2, 0.25) is 5.91 Å². The number of fused-ring (bicyclic) bond motifs is 1. The number of carbonyl (C=O) groups is 1. The number of unbranched alkanes of at least 4 members (excludes halogenated alkanes) is 1. The van der Waals surface area contributed by atoms with E-state index in [2.05, 4.69) is 36.4 Å². The molecule has 0 spiro atoms. The van der Waals surface area contributed by atoms with Crippen molar-refractivity contribution in [2.45, 2.75) is 46.1 Å². The molecule has 0 fully saturated rings. The van der Waals surface area contributed by atoms with E-state index in [1.165, 1.54) is 0 Å². The van der Waals surface area contributed by atoms with E-state index in [0.29, 0.717) is 12.5 Å². The second-order valence-electron chi connectivity index (χ2n) is 5.91. The van der Waals surface area contributed by atoms with Gasteiger partial charge in [-0.05, 0) is 38.0 Å². The first-order chi connectivity index (χ1) is 10.0. The third-order valence-corrected chi connectivity index (χ3v) is 3.82. The van der Waals surface area contributed by atoms with Crippen LogP contribution in [-0.2, 0) is 11.2 Å². The van der Waals surface area contributed by atoms with E-state index in [9.17, 15) is 4.79 Å². The highest BCUT2D eigenvalue weighted by Gasteiger charge is 2.11. The molecule has 2 aromatic rings. The van der Waals surface area contributed by atoms with Crippen molar-refractivity contribution in [2.24, 2.45) is 0 Å². The summed E-state index contributed by atoms with van der Waals surface area (Å²) in [6, 6.07) is 6.52. The van der Waals surface area contributed by atoms with E-state index in [1.807, 2.05) is 30.4 Å². The molecule has 0 radical (unpaired) electrons. The summed E-state index contributed by atoms with van der Waals surface area (Å²) in [7, 11) is 1.88.